The van der Waals surface area contributed by atoms with Gasteiger partial charge >= 0.3 is 5.97 Å². The van der Waals surface area contributed by atoms with Crippen LogP contribution < -0.4 is 5.32 Å². The average molecular weight is 263 g/mol. The molecule has 0 saturated carbocycles. The number of carboxylic acid groups (broad SMARTS) is 1. The Bertz CT molecular complexity index is 398. The van der Waals surface area contributed by atoms with E-state index < -0.39 is 11.9 Å². The summed E-state index contributed by atoms with van der Waals surface area (Å²) in [6.45, 7) is 10.3. The lowest BCUT2D eigenvalue weighted by Gasteiger charge is -2.16. The summed E-state index contributed by atoms with van der Waals surface area (Å²) in [4.78, 5) is 10.9. The van der Waals surface area contributed by atoms with Crippen LogP contribution in [-0.4, -0.2) is 17.6 Å². The standard InChI is InChI=1S/C16H25NO2/c1-11(2)12(3)9-17-10-14-5-7-15(8-6-14)13(4)16(18)19/h5-8,11-13,17H,9-10H2,1-4H3,(H,18,19). The minimum atomic E-state index is -0.781. The van der Waals surface area contributed by atoms with Crippen LogP contribution in [0.1, 0.15) is 44.7 Å². The third-order valence-electron chi connectivity index (χ3n) is 3.78. The first-order valence-electron chi connectivity index (χ1n) is 6.94. The van der Waals surface area contributed by atoms with Crippen molar-refractivity contribution in [2.75, 3.05) is 6.54 Å². The minimum Gasteiger partial charge on any atom is -0.481 e. The lowest BCUT2D eigenvalue weighted by Crippen LogP contribution is -2.23. The molecule has 0 aromatic heterocycles. The van der Waals surface area contributed by atoms with Gasteiger partial charge in [-0.15, -0.1) is 0 Å². The zero-order valence-electron chi connectivity index (χ0n) is 12.3. The smallest absolute Gasteiger partial charge is 0.310 e. The molecule has 0 aliphatic rings. The molecule has 0 saturated heterocycles. The van der Waals surface area contributed by atoms with Crippen LogP contribution in [0.15, 0.2) is 24.3 Å². The molecule has 0 aliphatic carbocycles. The highest BCUT2D eigenvalue weighted by Gasteiger charge is 2.13. The highest BCUT2D eigenvalue weighted by atomic mass is 16.4. The number of carboxylic acids is 1. The number of nitrogens with one attached hydrogen (secondary N) is 1. The van der Waals surface area contributed by atoms with Gasteiger partial charge < -0.3 is 10.4 Å². The van der Waals surface area contributed by atoms with Gasteiger partial charge in [0, 0.05) is 6.54 Å². The maximum Gasteiger partial charge on any atom is 0.310 e. The second kappa shape index (κ2) is 7.29. The molecule has 3 nitrogen and oxygen atoms in total. The van der Waals surface area contributed by atoms with Crippen molar-refractivity contribution in [1.29, 1.82) is 0 Å². The molecule has 1 aromatic carbocycles. The molecule has 1 aromatic rings. The summed E-state index contributed by atoms with van der Waals surface area (Å²) in [7, 11) is 0. The van der Waals surface area contributed by atoms with Crippen molar-refractivity contribution in [3.8, 4) is 0 Å². The van der Waals surface area contributed by atoms with Gasteiger partial charge in [-0.1, -0.05) is 45.0 Å². The van der Waals surface area contributed by atoms with Crippen molar-refractivity contribution in [2.24, 2.45) is 11.8 Å². The van der Waals surface area contributed by atoms with Crippen molar-refractivity contribution < 1.29 is 9.90 Å². The van der Waals surface area contributed by atoms with Crippen molar-refractivity contribution in [2.45, 2.75) is 40.2 Å². The Kier molecular flexibility index (Phi) is 6.03. The minimum absolute atomic E-state index is 0.442. The van der Waals surface area contributed by atoms with E-state index in [9.17, 15) is 4.79 Å². The third-order valence-corrected chi connectivity index (χ3v) is 3.78. The van der Waals surface area contributed by atoms with Gasteiger partial charge in [-0.2, -0.15) is 0 Å². The van der Waals surface area contributed by atoms with E-state index in [-0.39, 0.29) is 0 Å². The van der Waals surface area contributed by atoms with Crippen LogP contribution in [0, 0.1) is 11.8 Å². The van der Waals surface area contributed by atoms with Gasteiger partial charge in [-0.25, -0.2) is 0 Å². The molecule has 0 amide bonds. The molecule has 0 radical (unpaired) electrons. The summed E-state index contributed by atoms with van der Waals surface area (Å²) in [5.41, 5.74) is 2.05. The molecule has 0 aliphatic heterocycles. The van der Waals surface area contributed by atoms with E-state index in [1.165, 1.54) is 5.56 Å². The van der Waals surface area contributed by atoms with E-state index >= 15 is 0 Å². The quantitative estimate of drug-likeness (QED) is 0.794. The van der Waals surface area contributed by atoms with Crippen LogP contribution in [0.3, 0.4) is 0 Å². The van der Waals surface area contributed by atoms with E-state index in [4.69, 9.17) is 5.11 Å². The summed E-state index contributed by atoms with van der Waals surface area (Å²) in [6, 6.07) is 7.81. The van der Waals surface area contributed by atoms with Gasteiger partial charge in [0.1, 0.15) is 0 Å². The molecule has 1 rings (SSSR count). The van der Waals surface area contributed by atoms with Gasteiger partial charge in [-0.05, 0) is 36.4 Å². The SMILES string of the molecule is CC(C(=O)O)c1ccc(CNCC(C)C(C)C)cc1. The maximum absolute atomic E-state index is 10.9. The fourth-order valence-electron chi connectivity index (χ4n) is 1.75. The number of hydrogen-bond donors (Lipinski definition) is 2. The van der Waals surface area contributed by atoms with Crippen LogP contribution in [0.25, 0.3) is 0 Å². The summed E-state index contributed by atoms with van der Waals surface area (Å²) < 4.78 is 0. The van der Waals surface area contributed by atoms with E-state index in [1.54, 1.807) is 6.92 Å². The number of aliphatic carboxylic acids is 1. The molecule has 19 heavy (non-hydrogen) atoms. The lowest BCUT2D eigenvalue weighted by atomic mass is 9.98. The molecule has 2 unspecified atom stereocenters. The van der Waals surface area contributed by atoms with Crippen LogP contribution >= 0.6 is 0 Å². The molecule has 0 bridgehead atoms. The second-order valence-corrected chi connectivity index (χ2v) is 5.65. The Morgan fingerprint density at radius 1 is 1.16 bits per heavy atom. The fraction of sp³-hybridized carbons (Fsp3) is 0.562. The predicted octanol–water partition coefficient (Wildman–Crippen LogP) is 3.26. The monoisotopic (exact) mass is 263 g/mol. The summed E-state index contributed by atoms with van der Waals surface area (Å²) >= 11 is 0. The Morgan fingerprint density at radius 2 is 1.74 bits per heavy atom. The number of benzene rings is 1. The maximum atomic E-state index is 10.9. The average Bonchev–Trinajstić information content (AvgIpc) is 2.38. The van der Waals surface area contributed by atoms with Crippen LogP contribution in [-0.2, 0) is 11.3 Å². The largest absolute Gasteiger partial charge is 0.481 e. The van der Waals surface area contributed by atoms with Gasteiger partial charge in [0.05, 0.1) is 5.92 Å². The molecular formula is C16H25NO2. The first-order chi connectivity index (χ1) is 8.91. The molecule has 0 fully saturated rings. The highest BCUT2D eigenvalue weighted by molar-refractivity contribution is 5.75. The van der Waals surface area contributed by atoms with Crippen molar-refractivity contribution in [1.82, 2.24) is 5.32 Å². The van der Waals surface area contributed by atoms with Gasteiger partial charge in [-0.3, -0.25) is 4.79 Å². The summed E-state index contributed by atoms with van der Waals surface area (Å²) in [5, 5.41) is 12.4. The molecule has 2 atom stereocenters. The Morgan fingerprint density at radius 3 is 2.21 bits per heavy atom. The second-order valence-electron chi connectivity index (χ2n) is 5.65. The number of rotatable bonds is 7. The van der Waals surface area contributed by atoms with Crippen molar-refractivity contribution >= 4 is 5.97 Å². The normalized spacial score (nSPS) is 14.4. The van der Waals surface area contributed by atoms with E-state index in [2.05, 4.69) is 26.1 Å². The third kappa shape index (κ3) is 5.03. The van der Waals surface area contributed by atoms with Crippen molar-refractivity contribution in [3.05, 3.63) is 35.4 Å². The Balaban J connectivity index is 2.47. The van der Waals surface area contributed by atoms with Crippen LogP contribution in [0.2, 0.25) is 0 Å². The topological polar surface area (TPSA) is 49.3 Å². The predicted molar refractivity (Wildman–Crippen MR) is 78.2 cm³/mol. The number of carbonyl (C=O) groups is 1. The van der Waals surface area contributed by atoms with Gasteiger partial charge in [0.2, 0.25) is 0 Å². The van der Waals surface area contributed by atoms with E-state index in [1.807, 2.05) is 24.3 Å². The molecule has 0 spiro atoms. The highest BCUT2D eigenvalue weighted by Crippen LogP contribution is 2.16. The summed E-state index contributed by atoms with van der Waals surface area (Å²) in [6.07, 6.45) is 0. The van der Waals surface area contributed by atoms with Crippen molar-refractivity contribution in [3.63, 3.8) is 0 Å². The van der Waals surface area contributed by atoms with Crippen LogP contribution in [0.4, 0.5) is 0 Å². The Labute approximate surface area is 116 Å². The van der Waals surface area contributed by atoms with Gasteiger partial charge in [0.15, 0.2) is 0 Å². The fourth-order valence-corrected chi connectivity index (χ4v) is 1.75. The van der Waals surface area contributed by atoms with Crippen LogP contribution in [0.5, 0.6) is 0 Å². The first-order valence-corrected chi connectivity index (χ1v) is 6.94. The number of hydrogen-bond acceptors (Lipinski definition) is 2. The summed E-state index contributed by atoms with van der Waals surface area (Å²) in [5.74, 6) is 0.122. The molecule has 2 N–H and O–H groups in total. The zero-order chi connectivity index (χ0) is 14.4. The first kappa shape index (κ1) is 15.7. The molecule has 3 heteroatoms. The van der Waals surface area contributed by atoms with E-state index in [0.29, 0.717) is 11.8 Å². The van der Waals surface area contributed by atoms with E-state index in [0.717, 1.165) is 18.7 Å². The Hall–Kier alpha value is -1.35. The zero-order valence-corrected chi connectivity index (χ0v) is 12.3. The molecule has 0 heterocycles. The van der Waals surface area contributed by atoms with Gasteiger partial charge in [0.25, 0.3) is 0 Å². The lowest BCUT2D eigenvalue weighted by molar-refractivity contribution is -0.138. The molecule has 106 valence electrons. The molecular weight excluding hydrogens is 238 g/mol.